The molecule has 1 aromatic heterocycles. The van der Waals surface area contributed by atoms with E-state index in [2.05, 4.69) is 37.4 Å². The number of halogens is 1. The third-order valence-electron chi connectivity index (χ3n) is 7.52. The van der Waals surface area contributed by atoms with E-state index in [0.717, 1.165) is 30.6 Å². The summed E-state index contributed by atoms with van der Waals surface area (Å²) >= 11 is 1.70. The number of amides is 2. The zero-order valence-electron chi connectivity index (χ0n) is 22.5. The van der Waals surface area contributed by atoms with Crippen LogP contribution in [0.4, 0.5) is 4.39 Å². The highest BCUT2D eigenvalue weighted by Crippen LogP contribution is 2.34. The molecule has 2 atom stereocenters. The van der Waals surface area contributed by atoms with E-state index in [-0.39, 0.29) is 30.5 Å². The number of hydrogen-bond acceptors (Lipinski definition) is 5. The van der Waals surface area contributed by atoms with Crippen LogP contribution in [0.1, 0.15) is 65.0 Å². The number of fused-ring (bicyclic) bond motifs is 1. The van der Waals surface area contributed by atoms with Gasteiger partial charge in [-0.25, -0.2) is 4.39 Å². The van der Waals surface area contributed by atoms with Crippen LogP contribution < -0.4 is 4.74 Å². The number of carbonyl (C=O) groups excluding carboxylic acids is 2. The van der Waals surface area contributed by atoms with Crippen LogP contribution in [0, 0.1) is 5.82 Å². The summed E-state index contributed by atoms with van der Waals surface area (Å²) in [6.07, 6.45) is 2.44. The van der Waals surface area contributed by atoms with Gasteiger partial charge in [0.15, 0.2) is 0 Å². The van der Waals surface area contributed by atoms with Gasteiger partial charge in [-0.15, -0.1) is 11.3 Å². The van der Waals surface area contributed by atoms with Crippen molar-refractivity contribution in [3.05, 3.63) is 87.4 Å². The van der Waals surface area contributed by atoms with E-state index >= 15 is 0 Å². The summed E-state index contributed by atoms with van der Waals surface area (Å²) in [5, 5.41) is 2.06. The van der Waals surface area contributed by atoms with Gasteiger partial charge in [0.2, 0.25) is 5.91 Å². The van der Waals surface area contributed by atoms with E-state index in [4.69, 9.17) is 9.47 Å². The number of nitrogens with zero attached hydrogens (tertiary/aromatic N) is 2. The Balaban J connectivity index is 1.33. The van der Waals surface area contributed by atoms with Crippen LogP contribution in [-0.4, -0.2) is 60.6 Å². The molecule has 8 heteroatoms. The smallest absolute Gasteiger partial charge is 0.254 e. The van der Waals surface area contributed by atoms with Crippen molar-refractivity contribution in [2.45, 2.75) is 51.2 Å². The maximum atomic E-state index is 13.8. The minimum Gasteiger partial charge on any atom is -0.491 e. The van der Waals surface area contributed by atoms with Crippen molar-refractivity contribution in [2.24, 2.45) is 0 Å². The second kappa shape index (κ2) is 12.3. The molecular weight excluding hydrogens is 515 g/mol. The van der Waals surface area contributed by atoms with Gasteiger partial charge in [0.25, 0.3) is 5.91 Å². The number of rotatable bonds is 9. The van der Waals surface area contributed by atoms with Crippen molar-refractivity contribution in [3.8, 4) is 5.75 Å². The van der Waals surface area contributed by atoms with Crippen molar-refractivity contribution in [2.75, 3.05) is 32.8 Å². The quantitative estimate of drug-likeness (QED) is 0.336. The van der Waals surface area contributed by atoms with Crippen LogP contribution in [0.25, 0.3) is 0 Å². The third kappa shape index (κ3) is 6.50. The lowest BCUT2D eigenvalue weighted by molar-refractivity contribution is -0.135. The highest BCUT2D eigenvalue weighted by Gasteiger charge is 2.34. The molecule has 2 amide bonds. The maximum absolute atomic E-state index is 13.8. The highest BCUT2D eigenvalue weighted by atomic mass is 32.1. The standard InChI is InChI=1S/C31H35FN2O4S/c1-21(2)22-7-11-25(12-8-22)38-20-28-27-14-17-39-29(27)13-15-34(28)30(35)19-33(18-26-4-3-16-37-26)31(36)23-5-9-24(32)10-6-23/h5-12,14,17,21,26,28H,3-4,13,15-16,18-20H2,1-2H3. The third-order valence-corrected chi connectivity index (χ3v) is 8.52. The lowest BCUT2D eigenvalue weighted by Gasteiger charge is -2.37. The zero-order chi connectivity index (χ0) is 27.4. The monoisotopic (exact) mass is 550 g/mol. The minimum atomic E-state index is -0.408. The van der Waals surface area contributed by atoms with Gasteiger partial charge in [0.05, 0.1) is 12.1 Å². The Bertz CT molecular complexity index is 1270. The van der Waals surface area contributed by atoms with Gasteiger partial charge >= 0.3 is 0 Å². The Morgan fingerprint density at radius 2 is 1.90 bits per heavy atom. The van der Waals surface area contributed by atoms with Crippen LogP contribution in [0.3, 0.4) is 0 Å². The fourth-order valence-electron chi connectivity index (χ4n) is 5.28. The van der Waals surface area contributed by atoms with Gasteiger partial charge in [0, 0.05) is 30.1 Å². The van der Waals surface area contributed by atoms with E-state index in [0.29, 0.717) is 37.8 Å². The molecule has 1 saturated heterocycles. The lowest BCUT2D eigenvalue weighted by Crippen LogP contribution is -2.49. The van der Waals surface area contributed by atoms with Gasteiger partial charge in [-0.2, -0.15) is 0 Å². The molecule has 0 N–H and O–H groups in total. The average molecular weight is 551 g/mol. The molecule has 2 unspecified atom stereocenters. The number of thiophene rings is 1. The Morgan fingerprint density at radius 1 is 1.13 bits per heavy atom. The van der Waals surface area contributed by atoms with Gasteiger partial charge in [-0.3, -0.25) is 9.59 Å². The molecular formula is C31H35FN2O4S. The first-order chi connectivity index (χ1) is 18.9. The molecule has 0 bridgehead atoms. The molecule has 2 aliphatic rings. The summed E-state index contributed by atoms with van der Waals surface area (Å²) in [6.45, 7) is 6.10. The number of carbonyl (C=O) groups is 2. The molecule has 6 nitrogen and oxygen atoms in total. The van der Waals surface area contributed by atoms with E-state index in [1.807, 2.05) is 17.0 Å². The van der Waals surface area contributed by atoms with Crippen molar-refractivity contribution >= 4 is 23.2 Å². The minimum absolute atomic E-state index is 0.0743. The maximum Gasteiger partial charge on any atom is 0.254 e. The molecule has 0 saturated carbocycles. The second-order valence-corrected chi connectivity index (χ2v) is 11.5. The Kier molecular flexibility index (Phi) is 8.63. The summed E-state index contributed by atoms with van der Waals surface area (Å²) in [5.74, 6) is 0.360. The predicted octanol–water partition coefficient (Wildman–Crippen LogP) is 5.84. The fourth-order valence-corrected chi connectivity index (χ4v) is 6.21. The van der Waals surface area contributed by atoms with E-state index < -0.39 is 5.82 Å². The van der Waals surface area contributed by atoms with Crippen LogP contribution in [0.5, 0.6) is 5.75 Å². The van der Waals surface area contributed by atoms with Crippen molar-refractivity contribution in [3.63, 3.8) is 0 Å². The van der Waals surface area contributed by atoms with E-state index in [1.165, 1.54) is 34.7 Å². The summed E-state index contributed by atoms with van der Waals surface area (Å²) in [6, 6.07) is 15.4. The molecule has 2 aliphatic heterocycles. The molecule has 39 heavy (non-hydrogen) atoms. The first kappa shape index (κ1) is 27.3. The first-order valence-electron chi connectivity index (χ1n) is 13.6. The normalized spacial score (nSPS) is 18.7. The molecule has 3 heterocycles. The molecule has 0 spiro atoms. The summed E-state index contributed by atoms with van der Waals surface area (Å²) in [7, 11) is 0. The number of hydrogen-bond donors (Lipinski definition) is 0. The summed E-state index contributed by atoms with van der Waals surface area (Å²) in [4.78, 5) is 31.9. The topological polar surface area (TPSA) is 59.1 Å². The van der Waals surface area contributed by atoms with E-state index in [1.54, 1.807) is 16.2 Å². The molecule has 206 valence electrons. The Morgan fingerprint density at radius 3 is 2.59 bits per heavy atom. The summed E-state index contributed by atoms with van der Waals surface area (Å²) in [5.41, 5.74) is 2.70. The van der Waals surface area contributed by atoms with Crippen LogP contribution in [0.2, 0.25) is 0 Å². The van der Waals surface area contributed by atoms with Crippen LogP contribution in [0.15, 0.2) is 60.0 Å². The first-order valence-corrected chi connectivity index (χ1v) is 14.5. The molecule has 3 aromatic rings. The second-order valence-electron chi connectivity index (χ2n) is 10.5. The molecule has 0 radical (unpaired) electrons. The molecule has 0 aliphatic carbocycles. The van der Waals surface area contributed by atoms with Gasteiger partial charge < -0.3 is 19.3 Å². The predicted molar refractivity (Wildman–Crippen MR) is 150 cm³/mol. The van der Waals surface area contributed by atoms with Crippen molar-refractivity contribution in [1.82, 2.24) is 9.80 Å². The Labute approximate surface area is 233 Å². The largest absolute Gasteiger partial charge is 0.491 e. The van der Waals surface area contributed by atoms with Gasteiger partial charge in [-0.1, -0.05) is 26.0 Å². The number of benzene rings is 2. The SMILES string of the molecule is CC(C)c1ccc(OCC2c3ccsc3CCN2C(=O)CN(CC2CCCO2)C(=O)c2ccc(F)cc2)cc1. The molecule has 5 rings (SSSR count). The zero-order valence-corrected chi connectivity index (χ0v) is 23.3. The van der Waals surface area contributed by atoms with Gasteiger partial charge in [-0.05, 0) is 84.2 Å². The Hall–Kier alpha value is -3.23. The van der Waals surface area contributed by atoms with Crippen LogP contribution in [-0.2, 0) is 16.0 Å². The van der Waals surface area contributed by atoms with Crippen molar-refractivity contribution < 1.29 is 23.5 Å². The lowest BCUT2D eigenvalue weighted by atomic mass is 10.00. The molecule has 1 fully saturated rings. The average Bonchev–Trinajstić information content (AvgIpc) is 3.64. The van der Waals surface area contributed by atoms with Gasteiger partial charge in [0.1, 0.15) is 24.7 Å². The van der Waals surface area contributed by atoms with Crippen molar-refractivity contribution in [1.29, 1.82) is 0 Å². The fraction of sp³-hybridized carbons (Fsp3) is 0.419. The van der Waals surface area contributed by atoms with Crippen LogP contribution >= 0.6 is 11.3 Å². The highest BCUT2D eigenvalue weighted by molar-refractivity contribution is 7.10. The van der Waals surface area contributed by atoms with E-state index in [9.17, 15) is 14.0 Å². The molecule has 2 aromatic carbocycles. The summed E-state index contributed by atoms with van der Waals surface area (Å²) < 4.78 is 25.5. The number of ether oxygens (including phenoxy) is 2.